The molecule has 1 saturated carbocycles. The number of carbonyl (C=O) groups is 1. The van der Waals surface area contributed by atoms with Gasteiger partial charge in [0.15, 0.2) is 5.82 Å². The van der Waals surface area contributed by atoms with Crippen LogP contribution in [0.5, 0.6) is 0 Å². The van der Waals surface area contributed by atoms with Gasteiger partial charge in [0.2, 0.25) is 0 Å². The summed E-state index contributed by atoms with van der Waals surface area (Å²) in [5.41, 5.74) is 0.871. The van der Waals surface area contributed by atoms with Crippen molar-refractivity contribution in [3.8, 4) is 0 Å². The van der Waals surface area contributed by atoms with E-state index >= 15 is 0 Å². The lowest BCUT2D eigenvalue weighted by atomic mass is 10.2. The Kier molecular flexibility index (Phi) is 2.39. The average Bonchev–Trinajstić information content (AvgIpc) is 3.06. The summed E-state index contributed by atoms with van der Waals surface area (Å²) in [5, 5.41) is 7.67. The zero-order valence-corrected chi connectivity index (χ0v) is 10.7. The Balaban J connectivity index is 1.59. The first-order valence-electron chi connectivity index (χ1n) is 6.65. The fraction of sp³-hybridized carbons (Fsp3) is 0.200. The van der Waals surface area contributed by atoms with E-state index in [9.17, 15) is 4.79 Å². The van der Waals surface area contributed by atoms with Crippen LogP contribution in [-0.2, 0) is 0 Å². The predicted octanol–water partition coefficient (Wildman–Crippen LogP) is 3.59. The fourth-order valence-corrected chi connectivity index (χ4v) is 2.34. The molecule has 4 rings (SSSR count). The van der Waals surface area contributed by atoms with E-state index in [0.717, 1.165) is 29.5 Å². The van der Waals surface area contributed by atoms with E-state index < -0.39 is 0 Å². The van der Waals surface area contributed by atoms with Gasteiger partial charge in [0.1, 0.15) is 5.76 Å². The maximum absolute atomic E-state index is 12.3. The molecular weight excluding hydrogens is 254 g/mol. The normalized spacial score (nSPS) is 14.6. The molecule has 0 atom stereocenters. The van der Waals surface area contributed by atoms with Crippen LogP contribution in [0.1, 0.15) is 24.5 Å². The minimum Gasteiger partial charge on any atom is -0.359 e. The molecule has 5 nitrogen and oxygen atoms in total. The monoisotopic (exact) mass is 267 g/mol. The quantitative estimate of drug-likeness (QED) is 0.771. The number of fused-ring (bicyclic) bond motifs is 1. The second kappa shape index (κ2) is 4.23. The highest BCUT2D eigenvalue weighted by Gasteiger charge is 2.28. The number of nitrogens with zero attached hydrogens (tertiary/aromatic N) is 2. The number of anilines is 1. The number of hydrogen-bond acceptors (Lipinski definition) is 3. The Morgan fingerprint density at radius 3 is 3.00 bits per heavy atom. The van der Waals surface area contributed by atoms with Gasteiger partial charge < -0.3 is 4.52 Å². The molecule has 2 heterocycles. The number of amides is 1. The maximum atomic E-state index is 12.3. The number of benzene rings is 1. The summed E-state index contributed by atoms with van der Waals surface area (Å²) in [7, 11) is 0. The molecule has 0 aliphatic heterocycles. The van der Waals surface area contributed by atoms with Crippen LogP contribution in [-0.4, -0.2) is 15.8 Å². The lowest BCUT2D eigenvalue weighted by Crippen LogP contribution is -2.18. The molecule has 1 fully saturated rings. The summed E-state index contributed by atoms with van der Waals surface area (Å²) in [6, 6.07) is 11.2. The smallest absolute Gasteiger partial charge is 0.331 e. The van der Waals surface area contributed by atoms with E-state index in [-0.39, 0.29) is 6.03 Å². The zero-order chi connectivity index (χ0) is 13.5. The molecule has 0 spiro atoms. The van der Waals surface area contributed by atoms with Crippen LogP contribution in [0.4, 0.5) is 10.6 Å². The van der Waals surface area contributed by atoms with Gasteiger partial charge in [-0.1, -0.05) is 23.4 Å². The SMILES string of the molecule is O=C(Nc1cc(C2CC2)on1)n1ccc2ccccc21. The molecule has 0 bridgehead atoms. The van der Waals surface area contributed by atoms with Gasteiger partial charge in [0.25, 0.3) is 0 Å². The van der Waals surface area contributed by atoms with E-state index in [4.69, 9.17) is 4.52 Å². The number of para-hydroxylation sites is 1. The second-order valence-electron chi connectivity index (χ2n) is 5.06. The first kappa shape index (κ1) is 11.3. The van der Waals surface area contributed by atoms with E-state index in [1.807, 2.05) is 30.3 Å². The van der Waals surface area contributed by atoms with Crippen LogP contribution in [0.3, 0.4) is 0 Å². The van der Waals surface area contributed by atoms with Crippen LogP contribution in [0.15, 0.2) is 47.1 Å². The Morgan fingerprint density at radius 2 is 2.15 bits per heavy atom. The first-order chi connectivity index (χ1) is 9.81. The molecule has 1 amide bonds. The summed E-state index contributed by atoms with van der Waals surface area (Å²) in [6.07, 6.45) is 4.04. The van der Waals surface area contributed by atoms with Crippen molar-refractivity contribution in [3.63, 3.8) is 0 Å². The Morgan fingerprint density at radius 1 is 1.30 bits per heavy atom. The van der Waals surface area contributed by atoms with E-state index in [0.29, 0.717) is 11.7 Å². The van der Waals surface area contributed by atoms with Crippen molar-refractivity contribution in [1.29, 1.82) is 0 Å². The largest absolute Gasteiger partial charge is 0.359 e. The minimum absolute atomic E-state index is 0.234. The second-order valence-corrected chi connectivity index (χ2v) is 5.06. The Bertz CT molecular complexity index is 783. The zero-order valence-electron chi connectivity index (χ0n) is 10.7. The van der Waals surface area contributed by atoms with Crippen molar-refractivity contribution >= 4 is 22.8 Å². The number of nitrogens with one attached hydrogen (secondary N) is 1. The highest BCUT2D eigenvalue weighted by atomic mass is 16.5. The summed E-state index contributed by atoms with van der Waals surface area (Å²) in [5.74, 6) is 1.81. The van der Waals surface area contributed by atoms with Gasteiger partial charge in [-0.3, -0.25) is 9.88 Å². The number of hydrogen-bond donors (Lipinski definition) is 1. The van der Waals surface area contributed by atoms with Crippen molar-refractivity contribution < 1.29 is 9.32 Å². The molecule has 1 aliphatic rings. The van der Waals surface area contributed by atoms with Crippen molar-refractivity contribution in [2.45, 2.75) is 18.8 Å². The summed E-state index contributed by atoms with van der Waals surface area (Å²) in [4.78, 5) is 12.3. The predicted molar refractivity (Wildman–Crippen MR) is 74.8 cm³/mol. The van der Waals surface area contributed by atoms with Gasteiger partial charge >= 0.3 is 6.03 Å². The van der Waals surface area contributed by atoms with E-state index in [1.54, 1.807) is 16.8 Å². The number of aromatic nitrogens is 2. The standard InChI is InChI=1S/C15H13N3O2/c19-15(16-14-9-13(20-17-14)11-5-6-11)18-8-7-10-3-1-2-4-12(10)18/h1-4,7-9,11H,5-6H2,(H,16,17,19). The lowest BCUT2D eigenvalue weighted by Gasteiger charge is -2.03. The van der Waals surface area contributed by atoms with Crippen LogP contribution in [0, 0.1) is 0 Å². The van der Waals surface area contributed by atoms with Crippen LogP contribution in [0.25, 0.3) is 10.9 Å². The lowest BCUT2D eigenvalue weighted by molar-refractivity contribution is 0.254. The molecule has 5 heteroatoms. The van der Waals surface area contributed by atoms with Crippen molar-refractivity contribution in [2.75, 3.05) is 5.32 Å². The number of carbonyl (C=O) groups excluding carboxylic acids is 1. The molecule has 2 aromatic heterocycles. The summed E-state index contributed by atoms with van der Waals surface area (Å²) in [6.45, 7) is 0. The topological polar surface area (TPSA) is 60.1 Å². The minimum atomic E-state index is -0.234. The van der Waals surface area contributed by atoms with Crippen molar-refractivity contribution in [1.82, 2.24) is 9.72 Å². The molecule has 1 N–H and O–H groups in total. The third kappa shape index (κ3) is 1.87. The molecular formula is C15H13N3O2. The molecule has 1 aromatic carbocycles. The van der Waals surface area contributed by atoms with Gasteiger partial charge in [0, 0.05) is 23.6 Å². The molecule has 0 unspecified atom stereocenters. The Labute approximate surface area is 115 Å². The summed E-state index contributed by atoms with van der Waals surface area (Å²) < 4.78 is 6.79. The Hall–Kier alpha value is -2.56. The molecule has 0 saturated heterocycles. The van der Waals surface area contributed by atoms with Gasteiger partial charge in [-0.05, 0) is 25.0 Å². The molecule has 0 radical (unpaired) electrons. The number of rotatable bonds is 2. The highest BCUT2D eigenvalue weighted by molar-refractivity contribution is 5.97. The summed E-state index contributed by atoms with van der Waals surface area (Å²) >= 11 is 0. The molecule has 3 aromatic rings. The van der Waals surface area contributed by atoms with Gasteiger partial charge in [-0.25, -0.2) is 4.79 Å². The maximum Gasteiger partial charge on any atom is 0.331 e. The molecule has 1 aliphatic carbocycles. The van der Waals surface area contributed by atoms with Crippen LogP contribution < -0.4 is 5.32 Å². The third-order valence-electron chi connectivity index (χ3n) is 3.56. The molecule has 20 heavy (non-hydrogen) atoms. The fourth-order valence-electron chi connectivity index (χ4n) is 2.34. The van der Waals surface area contributed by atoms with Gasteiger partial charge in [-0.2, -0.15) is 0 Å². The van der Waals surface area contributed by atoms with Crippen molar-refractivity contribution in [3.05, 3.63) is 48.4 Å². The van der Waals surface area contributed by atoms with Gasteiger partial charge in [-0.15, -0.1) is 0 Å². The highest BCUT2D eigenvalue weighted by Crippen LogP contribution is 2.40. The van der Waals surface area contributed by atoms with E-state index in [1.165, 1.54) is 0 Å². The molecule has 100 valence electrons. The van der Waals surface area contributed by atoms with Crippen LogP contribution >= 0.6 is 0 Å². The average molecular weight is 267 g/mol. The third-order valence-corrected chi connectivity index (χ3v) is 3.56. The van der Waals surface area contributed by atoms with Crippen LogP contribution in [0.2, 0.25) is 0 Å². The van der Waals surface area contributed by atoms with Gasteiger partial charge in [0.05, 0.1) is 5.52 Å². The van der Waals surface area contributed by atoms with Crippen molar-refractivity contribution in [2.24, 2.45) is 0 Å². The first-order valence-corrected chi connectivity index (χ1v) is 6.65. The van der Waals surface area contributed by atoms with E-state index in [2.05, 4.69) is 10.5 Å².